The van der Waals surface area contributed by atoms with Gasteiger partial charge in [0.1, 0.15) is 0 Å². The molecule has 0 saturated carbocycles. The molecule has 1 aromatic rings. The van der Waals surface area contributed by atoms with Crippen LogP contribution < -0.4 is 11.1 Å². The number of nitrogen functional groups attached to an aromatic ring is 1. The van der Waals surface area contributed by atoms with E-state index in [2.05, 4.69) is 24.4 Å². The molecule has 0 bridgehead atoms. The Balaban J connectivity index is 2.37. The van der Waals surface area contributed by atoms with Crippen molar-refractivity contribution in [1.29, 1.82) is 0 Å². The van der Waals surface area contributed by atoms with Gasteiger partial charge in [-0.05, 0) is 36.6 Å². The average Bonchev–Trinajstić information content (AvgIpc) is 2.05. The van der Waals surface area contributed by atoms with Gasteiger partial charge in [-0.3, -0.25) is 0 Å². The second kappa shape index (κ2) is 2.79. The lowest BCUT2D eigenvalue weighted by Gasteiger charge is -2.23. The molecule has 0 saturated heterocycles. The normalized spacial score (nSPS) is 21.9. The van der Waals surface area contributed by atoms with Crippen LogP contribution in [0, 0.1) is 0 Å². The highest BCUT2D eigenvalue weighted by Crippen LogP contribution is 2.18. The van der Waals surface area contributed by atoms with E-state index in [-0.39, 0.29) is 0 Å². The summed E-state index contributed by atoms with van der Waals surface area (Å²) in [6, 6.07) is 6.79. The summed E-state index contributed by atoms with van der Waals surface area (Å²) in [4.78, 5) is 0. The number of hydrogen-bond donors (Lipinski definition) is 2. The molecule has 1 atom stereocenters. The molecule has 64 valence electrons. The molecule has 0 radical (unpaired) electrons. The molecule has 0 aromatic heterocycles. The maximum atomic E-state index is 5.69. The number of fused-ring (bicyclic) bond motifs is 1. The zero-order valence-electron chi connectivity index (χ0n) is 7.30. The molecule has 1 aliphatic heterocycles. The molecular weight excluding hydrogens is 148 g/mol. The molecule has 2 rings (SSSR count). The minimum Gasteiger partial charge on any atom is -0.399 e. The van der Waals surface area contributed by atoms with Crippen molar-refractivity contribution in [2.45, 2.75) is 25.9 Å². The Labute approximate surface area is 72.8 Å². The molecule has 2 heteroatoms. The van der Waals surface area contributed by atoms with Gasteiger partial charge in [0.2, 0.25) is 0 Å². The standard InChI is InChI=1S/C10H14N2/c1-7-4-8-2-3-10(11)5-9(8)6-12-7/h2-3,5,7,12H,4,6,11H2,1H3/t7-/m0/s1. The van der Waals surface area contributed by atoms with Crippen LogP contribution in [0.3, 0.4) is 0 Å². The third-order valence-corrected chi connectivity index (χ3v) is 2.40. The van der Waals surface area contributed by atoms with Crippen LogP contribution in [0.25, 0.3) is 0 Å². The first kappa shape index (κ1) is 7.62. The van der Waals surface area contributed by atoms with Gasteiger partial charge in [-0.25, -0.2) is 0 Å². The van der Waals surface area contributed by atoms with Gasteiger partial charge in [0.25, 0.3) is 0 Å². The molecule has 0 spiro atoms. The molecule has 1 aromatic carbocycles. The van der Waals surface area contributed by atoms with E-state index in [0.29, 0.717) is 6.04 Å². The van der Waals surface area contributed by atoms with E-state index in [0.717, 1.165) is 18.7 Å². The third kappa shape index (κ3) is 1.30. The molecule has 1 aliphatic rings. The summed E-state index contributed by atoms with van der Waals surface area (Å²) < 4.78 is 0. The molecule has 12 heavy (non-hydrogen) atoms. The fraction of sp³-hybridized carbons (Fsp3) is 0.400. The largest absolute Gasteiger partial charge is 0.399 e. The second-order valence-corrected chi connectivity index (χ2v) is 3.51. The van der Waals surface area contributed by atoms with Crippen LogP contribution in [0.4, 0.5) is 5.69 Å². The summed E-state index contributed by atoms with van der Waals surface area (Å²) >= 11 is 0. The van der Waals surface area contributed by atoms with Crippen LogP contribution >= 0.6 is 0 Å². The fourth-order valence-corrected chi connectivity index (χ4v) is 1.70. The van der Waals surface area contributed by atoms with Gasteiger partial charge < -0.3 is 11.1 Å². The first-order valence-corrected chi connectivity index (χ1v) is 4.36. The number of rotatable bonds is 0. The van der Waals surface area contributed by atoms with Crippen LogP contribution in [0.1, 0.15) is 18.1 Å². The van der Waals surface area contributed by atoms with Crippen molar-refractivity contribution >= 4 is 5.69 Å². The van der Waals surface area contributed by atoms with Gasteiger partial charge >= 0.3 is 0 Å². The predicted octanol–water partition coefficient (Wildman–Crippen LogP) is 1.30. The van der Waals surface area contributed by atoms with Gasteiger partial charge in [-0.1, -0.05) is 6.07 Å². The molecule has 2 nitrogen and oxygen atoms in total. The Hall–Kier alpha value is -1.02. The maximum Gasteiger partial charge on any atom is 0.0317 e. The SMILES string of the molecule is C[C@H]1Cc2ccc(N)cc2CN1. The lowest BCUT2D eigenvalue weighted by molar-refractivity contribution is 0.514. The lowest BCUT2D eigenvalue weighted by Crippen LogP contribution is -2.32. The van der Waals surface area contributed by atoms with E-state index in [1.54, 1.807) is 0 Å². The van der Waals surface area contributed by atoms with Gasteiger partial charge in [0, 0.05) is 18.3 Å². The number of nitrogens with one attached hydrogen (secondary N) is 1. The average molecular weight is 162 g/mol. The van der Waals surface area contributed by atoms with Crippen LogP contribution in [0.5, 0.6) is 0 Å². The minimum atomic E-state index is 0.598. The number of hydrogen-bond acceptors (Lipinski definition) is 2. The van der Waals surface area contributed by atoms with Crippen molar-refractivity contribution < 1.29 is 0 Å². The highest BCUT2D eigenvalue weighted by molar-refractivity contribution is 5.45. The monoisotopic (exact) mass is 162 g/mol. The summed E-state index contributed by atoms with van der Waals surface area (Å²) in [5, 5.41) is 3.41. The summed E-state index contributed by atoms with van der Waals surface area (Å²) in [6.45, 7) is 3.17. The van der Waals surface area contributed by atoms with Crippen molar-refractivity contribution in [1.82, 2.24) is 5.32 Å². The fourth-order valence-electron chi connectivity index (χ4n) is 1.70. The first-order valence-electron chi connectivity index (χ1n) is 4.36. The molecule has 0 unspecified atom stereocenters. The first-order chi connectivity index (χ1) is 5.75. The van der Waals surface area contributed by atoms with Gasteiger partial charge in [0.05, 0.1) is 0 Å². The molecule has 3 N–H and O–H groups in total. The lowest BCUT2D eigenvalue weighted by atomic mass is 9.96. The maximum absolute atomic E-state index is 5.69. The molecule has 0 aliphatic carbocycles. The summed E-state index contributed by atoms with van der Waals surface area (Å²) in [5.74, 6) is 0. The Morgan fingerprint density at radius 2 is 2.25 bits per heavy atom. The molecule has 0 fully saturated rings. The Morgan fingerprint density at radius 1 is 1.42 bits per heavy atom. The van der Waals surface area contributed by atoms with E-state index in [1.165, 1.54) is 11.1 Å². The Kier molecular flexibility index (Phi) is 1.77. The number of nitrogens with two attached hydrogens (primary N) is 1. The highest BCUT2D eigenvalue weighted by atomic mass is 14.9. The van der Waals surface area contributed by atoms with E-state index in [1.807, 2.05) is 6.07 Å². The highest BCUT2D eigenvalue weighted by Gasteiger charge is 2.13. The van der Waals surface area contributed by atoms with Crippen molar-refractivity contribution in [3.8, 4) is 0 Å². The van der Waals surface area contributed by atoms with Gasteiger partial charge in [-0.2, -0.15) is 0 Å². The van der Waals surface area contributed by atoms with Crippen molar-refractivity contribution in [2.24, 2.45) is 0 Å². The number of benzene rings is 1. The topological polar surface area (TPSA) is 38.0 Å². The summed E-state index contributed by atoms with van der Waals surface area (Å²) in [6.07, 6.45) is 1.12. The minimum absolute atomic E-state index is 0.598. The van der Waals surface area contributed by atoms with Crippen LogP contribution in [-0.4, -0.2) is 6.04 Å². The number of anilines is 1. The van der Waals surface area contributed by atoms with Gasteiger partial charge in [0.15, 0.2) is 0 Å². The van der Waals surface area contributed by atoms with Crippen molar-refractivity contribution in [3.05, 3.63) is 29.3 Å². The summed E-state index contributed by atoms with van der Waals surface area (Å²) in [7, 11) is 0. The van der Waals surface area contributed by atoms with Crippen molar-refractivity contribution in [3.63, 3.8) is 0 Å². The molecule has 0 amide bonds. The zero-order chi connectivity index (χ0) is 8.55. The molecular formula is C10H14N2. The smallest absolute Gasteiger partial charge is 0.0317 e. The Bertz CT molecular complexity index is 294. The quantitative estimate of drug-likeness (QED) is 0.564. The second-order valence-electron chi connectivity index (χ2n) is 3.51. The van der Waals surface area contributed by atoms with E-state index in [9.17, 15) is 0 Å². The summed E-state index contributed by atoms with van der Waals surface area (Å²) in [5.41, 5.74) is 9.35. The van der Waals surface area contributed by atoms with Gasteiger partial charge in [-0.15, -0.1) is 0 Å². The van der Waals surface area contributed by atoms with E-state index >= 15 is 0 Å². The van der Waals surface area contributed by atoms with Crippen LogP contribution in [0.2, 0.25) is 0 Å². The van der Waals surface area contributed by atoms with Crippen LogP contribution in [0.15, 0.2) is 18.2 Å². The molecule has 1 heterocycles. The van der Waals surface area contributed by atoms with E-state index in [4.69, 9.17) is 5.73 Å². The zero-order valence-corrected chi connectivity index (χ0v) is 7.30. The van der Waals surface area contributed by atoms with E-state index < -0.39 is 0 Å². The third-order valence-electron chi connectivity index (χ3n) is 2.40. The van der Waals surface area contributed by atoms with Crippen LogP contribution in [-0.2, 0) is 13.0 Å². The predicted molar refractivity (Wildman–Crippen MR) is 50.9 cm³/mol. The van der Waals surface area contributed by atoms with Crippen molar-refractivity contribution in [2.75, 3.05) is 5.73 Å². The Morgan fingerprint density at radius 3 is 3.08 bits per heavy atom.